The smallest absolute Gasteiger partial charge is 0.161 e. The number of benzene rings is 1. The number of hydrogen-bond acceptors (Lipinski definition) is 7. The summed E-state index contributed by atoms with van der Waals surface area (Å²) in [6.45, 7) is 12.4. The van der Waals surface area contributed by atoms with Crippen molar-refractivity contribution >= 4 is 17.5 Å². The average molecular weight is 420 g/mol. The summed E-state index contributed by atoms with van der Waals surface area (Å²) in [5, 5.41) is 23.5. The van der Waals surface area contributed by atoms with Crippen LogP contribution in [0, 0.1) is 11.3 Å². The summed E-state index contributed by atoms with van der Waals surface area (Å²) in [6.07, 6.45) is 0.380. The van der Waals surface area contributed by atoms with Crippen LogP contribution in [0.5, 0.6) is 11.5 Å². The van der Waals surface area contributed by atoms with Crippen molar-refractivity contribution in [3.8, 4) is 17.6 Å². The van der Waals surface area contributed by atoms with Gasteiger partial charge >= 0.3 is 0 Å². The molecular weight excluding hydrogens is 386 g/mol. The first kappa shape index (κ1) is 23.4. The number of aliphatic hydroxyl groups is 1. The van der Waals surface area contributed by atoms with Crippen molar-refractivity contribution in [3.05, 3.63) is 28.2 Å². The van der Waals surface area contributed by atoms with Gasteiger partial charge in [-0.1, -0.05) is 13.8 Å². The van der Waals surface area contributed by atoms with E-state index in [2.05, 4.69) is 30.1 Å². The second kappa shape index (κ2) is 12.0. The van der Waals surface area contributed by atoms with Crippen LogP contribution in [0.15, 0.2) is 17.0 Å². The van der Waals surface area contributed by atoms with E-state index in [4.69, 9.17) is 9.47 Å². The highest BCUT2D eigenvalue weighted by atomic mass is 32.2. The number of thioether (sulfide) groups is 1. The zero-order chi connectivity index (χ0) is 21.2. The molecule has 0 fully saturated rings. The summed E-state index contributed by atoms with van der Waals surface area (Å²) in [5.74, 6) is 1.92. The van der Waals surface area contributed by atoms with E-state index in [1.165, 1.54) is 11.8 Å². The van der Waals surface area contributed by atoms with Gasteiger partial charge in [-0.15, -0.1) is 11.8 Å². The van der Waals surface area contributed by atoms with E-state index in [1.807, 2.05) is 26.0 Å². The zero-order valence-electron chi connectivity index (χ0n) is 18.0. The highest BCUT2D eigenvalue weighted by Crippen LogP contribution is 2.37. The average Bonchev–Trinajstić information content (AvgIpc) is 2.73. The molecule has 0 radical (unpaired) electrons. The highest BCUT2D eigenvalue weighted by Gasteiger charge is 2.22. The molecule has 2 rings (SSSR count). The number of nitrogens with one attached hydrogen (secondary N) is 1. The van der Waals surface area contributed by atoms with Gasteiger partial charge in [0.1, 0.15) is 11.0 Å². The van der Waals surface area contributed by atoms with Crippen molar-refractivity contribution in [2.75, 3.05) is 45.1 Å². The molecule has 1 unspecified atom stereocenters. The third-order valence-electron chi connectivity index (χ3n) is 4.85. The van der Waals surface area contributed by atoms with E-state index in [0.717, 1.165) is 48.6 Å². The summed E-state index contributed by atoms with van der Waals surface area (Å²) < 4.78 is 11.5. The molecule has 1 aromatic carbocycles. The molecule has 1 aliphatic heterocycles. The molecule has 1 aromatic rings. The Kier molecular flexibility index (Phi) is 9.65. The molecular formula is C22H33N3O3S. The van der Waals surface area contributed by atoms with Crippen LogP contribution >= 0.6 is 11.8 Å². The van der Waals surface area contributed by atoms with Gasteiger partial charge in [-0.2, -0.15) is 5.26 Å². The van der Waals surface area contributed by atoms with Gasteiger partial charge in [0.25, 0.3) is 0 Å². The lowest BCUT2D eigenvalue weighted by Gasteiger charge is -2.25. The van der Waals surface area contributed by atoms with Crippen LogP contribution < -0.4 is 14.8 Å². The fourth-order valence-corrected chi connectivity index (χ4v) is 4.23. The van der Waals surface area contributed by atoms with Gasteiger partial charge in [0.05, 0.1) is 25.0 Å². The molecule has 2 N–H and O–H groups in total. The Balaban J connectivity index is 2.27. The highest BCUT2D eigenvalue weighted by molar-refractivity contribution is 8.03. The maximum Gasteiger partial charge on any atom is 0.161 e. The molecule has 0 saturated heterocycles. The Hall–Kier alpha value is -1.88. The minimum Gasteiger partial charge on any atom is -0.490 e. The molecule has 1 atom stereocenters. The third-order valence-corrected chi connectivity index (χ3v) is 5.98. The van der Waals surface area contributed by atoms with Crippen LogP contribution in [0.1, 0.15) is 38.8 Å². The molecule has 0 saturated carbocycles. The molecule has 7 heteroatoms. The van der Waals surface area contributed by atoms with Gasteiger partial charge in [0, 0.05) is 24.4 Å². The Labute approximate surface area is 178 Å². The number of likely N-dealkylation sites (N-methyl/N-ethyl adjacent to an activating group) is 1. The van der Waals surface area contributed by atoms with Crippen LogP contribution in [0.25, 0.3) is 5.70 Å². The normalized spacial score (nSPS) is 15.9. The van der Waals surface area contributed by atoms with Crippen LogP contribution in [0.4, 0.5) is 0 Å². The minimum absolute atomic E-state index is 0.480. The standard InChI is InChI=1S/C22H33N3O3S/c1-5-25(6-2)14-17(26)15-29-21(13-23)22-18-12-20(28-8-4)19(27-7-3)11-16(18)9-10-24-22/h11-12,17,24,26H,5-10,14-15H2,1-4H3. The number of nitriles is 1. The van der Waals surface area contributed by atoms with Gasteiger partial charge in [0.2, 0.25) is 0 Å². The van der Waals surface area contributed by atoms with E-state index in [-0.39, 0.29) is 0 Å². The van der Waals surface area contributed by atoms with Crippen molar-refractivity contribution in [2.45, 2.75) is 40.2 Å². The first-order valence-corrected chi connectivity index (χ1v) is 11.4. The van der Waals surface area contributed by atoms with Gasteiger partial charge < -0.3 is 24.8 Å². The molecule has 1 heterocycles. The SMILES string of the molecule is CCOc1cc2c(cc1OCC)C(=C(C#N)SCC(O)CN(CC)CC)NCC2. The fraction of sp³-hybridized carbons (Fsp3) is 0.591. The quantitative estimate of drug-likeness (QED) is 0.533. The number of aliphatic hydroxyl groups excluding tert-OH is 1. The van der Waals surface area contributed by atoms with Gasteiger partial charge in [-0.3, -0.25) is 0 Å². The minimum atomic E-state index is -0.480. The van der Waals surface area contributed by atoms with Gasteiger partial charge in [0.15, 0.2) is 11.5 Å². The zero-order valence-corrected chi connectivity index (χ0v) is 18.8. The molecule has 6 nitrogen and oxygen atoms in total. The summed E-state index contributed by atoms with van der Waals surface area (Å²) in [5.41, 5.74) is 2.94. The third kappa shape index (κ3) is 6.30. The summed E-state index contributed by atoms with van der Waals surface area (Å²) >= 11 is 1.40. The lowest BCUT2D eigenvalue weighted by molar-refractivity contribution is 0.137. The van der Waals surface area contributed by atoms with Crippen LogP contribution in [0.3, 0.4) is 0 Å². The van der Waals surface area contributed by atoms with Gasteiger partial charge in [-0.25, -0.2) is 0 Å². The monoisotopic (exact) mass is 419 g/mol. The molecule has 0 amide bonds. The van der Waals surface area contributed by atoms with E-state index >= 15 is 0 Å². The van der Waals surface area contributed by atoms with Crippen molar-refractivity contribution < 1.29 is 14.6 Å². The maximum absolute atomic E-state index is 10.4. The molecule has 0 aliphatic carbocycles. The topological polar surface area (TPSA) is 77.8 Å². The number of fused-ring (bicyclic) bond motifs is 1. The molecule has 0 spiro atoms. The van der Waals surface area contributed by atoms with Crippen molar-refractivity contribution in [1.82, 2.24) is 10.2 Å². The summed E-state index contributed by atoms with van der Waals surface area (Å²) in [4.78, 5) is 2.78. The van der Waals surface area contributed by atoms with Crippen molar-refractivity contribution in [2.24, 2.45) is 0 Å². The molecule has 29 heavy (non-hydrogen) atoms. The molecule has 160 valence electrons. The maximum atomic E-state index is 10.4. The molecule has 1 aliphatic rings. The first-order valence-electron chi connectivity index (χ1n) is 10.4. The lowest BCUT2D eigenvalue weighted by Crippen LogP contribution is -2.33. The first-order chi connectivity index (χ1) is 14.1. The number of rotatable bonds is 11. The van der Waals surface area contributed by atoms with E-state index in [9.17, 15) is 10.4 Å². The molecule has 0 bridgehead atoms. The Morgan fingerprint density at radius 3 is 2.45 bits per heavy atom. The van der Waals surface area contributed by atoms with Crippen molar-refractivity contribution in [3.63, 3.8) is 0 Å². The van der Waals surface area contributed by atoms with E-state index in [1.54, 1.807) is 0 Å². The second-order valence-electron chi connectivity index (χ2n) is 6.77. The van der Waals surface area contributed by atoms with Crippen LogP contribution in [-0.4, -0.2) is 61.3 Å². The van der Waals surface area contributed by atoms with Crippen molar-refractivity contribution in [1.29, 1.82) is 5.26 Å². The Bertz CT molecular complexity index is 742. The Morgan fingerprint density at radius 2 is 1.86 bits per heavy atom. The van der Waals surface area contributed by atoms with Crippen LogP contribution in [-0.2, 0) is 6.42 Å². The number of hydrogen-bond donors (Lipinski definition) is 2. The predicted molar refractivity (Wildman–Crippen MR) is 119 cm³/mol. The van der Waals surface area contributed by atoms with Gasteiger partial charge in [-0.05, 0) is 51.1 Å². The van der Waals surface area contributed by atoms with Crippen LogP contribution in [0.2, 0.25) is 0 Å². The molecule has 0 aromatic heterocycles. The van der Waals surface area contributed by atoms with E-state index < -0.39 is 6.10 Å². The Morgan fingerprint density at radius 1 is 1.21 bits per heavy atom. The fourth-order valence-electron chi connectivity index (χ4n) is 3.37. The largest absolute Gasteiger partial charge is 0.490 e. The number of nitrogens with zero attached hydrogens (tertiary/aromatic N) is 2. The second-order valence-corrected chi connectivity index (χ2v) is 7.80. The number of allylic oxidation sites excluding steroid dienone is 1. The summed E-state index contributed by atoms with van der Waals surface area (Å²) in [6, 6.07) is 6.32. The van der Waals surface area contributed by atoms with E-state index in [0.29, 0.717) is 36.2 Å². The number of ether oxygens (including phenoxy) is 2. The lowest BCUT2D eigenvalue weighted by atomic mass is 9.97. The predicted octanol–water partition coefficient (Wildman–Crippen LogP) is 3.26. The summed E-state index contributed by atoms with van der Waals surface area (Å²) in [7, 11) is 0.